The van der Waals surface area contributed by atoms with Gasteiger partial charge in [0.2, 0.25) is 5.96 Å². The van der Waals surface area contributed by atoms with E-state index in [9.17, 15) is 9.50 Å². The third kappa shape index (κ3) is 3.05. The number of pyridine rings is 1. The van der Waals surface area contributed by atoms with E-state index in [0.29, 0.717) is 24.1 Å². The minimum Gasteiger partial charge on any atom is -0.508 e. The van der Waals surface area contributed by atoms with Gasteiger partial charge < -0.3 is 16.6 Å². The third-order valence-electron chi connectivity index (χ3n) is 4.12. The number of aryl methyl sites for hydroxylation is 1. The molecule has 7 heteroatoms. The van der Waals surface area contributed by atoms with Gasteiger partial charge in [0, 0.05) is 17.3 Å². The average Bonchev–Trinajstić information content (AvgIpc) is 2.54. The number of aromatic hydroxyl groups is 1. The maximum Gasteiger partial charge on any atom is 0.211 e. The summed E-state index contributed by atoms with van der Waals surface area (Å²) in [6, 6.07) is 5.83. The Bertz CT molecular complexity index is 843. The lowest BCUT2D eigenvalue weighted by atomic mass is 9.79. The molecule has 0 amide bonds. The zero-order valence-corrected chi connectivity index (χ0v) is 13.2. The number of nitrogens with zero attached hydrogens (tertiary/aromatic N) is 3. The van der Waals surface area contributed by atoms with Crippen molar-refractivity contribution in [3.05, 3.63) is 58.7 Å². The van der Waals surface area contributed by atoms with Crippen molar-refractivity contribution < 1.29 is 9.50 Å². The first kappa shape index (κ1) is 15.9. The molecule has 124 valence electrons. The summed E-state index contributed by atoms with van der Waals surface area (Å²) >= 11 is 0. The maximum absolute atomic E-state index is 13.6. The number of phenolic OH excluding ortho intramolecular Hbond substituents is 1. The van der Waals surface area contributed by atoms with Gasteiger partial charge in [-0.3, -0.25) is 4.98 Å². The molecule has 6 nitrogen and oxygen atoms in total. The van der Waals surface area contributed by atoms with Crippen molar-refractivity contribution >= 4 is 11.7 Å². The average molecular weight is 327 g/mol. The molecule has 1 aromatic carbocycles. The summed E-state index contributed by atoms with van der Waals surface area (Å²) in [5, 5.41) is 18.0. The van der Waals surface area contributed by atoms with Gasteiger partial charge >= 0.3 is 0 Å². The number of aromatic nitrogens is 1. The molecule has 0 radical (unpaired) electrons. The number of hydrogen-bond acceptors (Lipinski definition) is 4. The number of benzene rings is 1. The van der Waals surface area contributed by atoms with Crippen molar-refractivity contribution in [1.82, 2.24) is 4.98 Å². The van der Waals surface area contributed by atoms with Crippen molar-refractivity contribution in [2.24, 2.45) is 21.7 Å². The normalized spacial score (nSPS) is 18.2. The first-order chi connectivity index (χ1) is 11.5. The zero-order chi connectivity index (χ0) is 17.3. The van der Waals surface area contributed by atoms with E-state index in [-0.39, 0.29) is 17.6 Å². The van der Waals surface area contributed by atoms with Gasteiger partial charge in [-0.25, -0.2) is 4.39 Å². The summed E-state index contributed by atoms with van der Waals surface area (Å²) in [5.41, 5.74) is 14.7. The van der Waals surface area contributed by atoms with Crippen LogP contribution in [0.15, 0.2) is 40.7 Å². The molecule has 0 spiro atoms. The van der Waals surface area contributed by atoms with Crippen LogP contribution in [0.3, 0.4) is 0 Å². The van der Waals surface area contributed by atoms with Gasteiger partial charge in [0.25, 0.3) is 0 Å². The molecule has 5 N–H and O–H groups in total. The van der Waals surface area contributed by atoms with Gasteiger partial charge in [0.15, 0.2) is 0 Å². The van der Waals surface area contributed by atoms with Gasteiger partial charge in [-0.15, -0.1) is 5.10 Å². The Hall–Kier alpha value is -2.96. The predicted octanol–water partition coefficient (Wildman–Crippen LogP) is 1.94. The van der Waals surface area contributed by atoms with E-state index < -0.39 is 5.82 Å². The monoisotopic (exact) mass is 327 g/mol. The highest BCUT2D eigenvalue weighted by Gasteiger charge is 2.29. The number of hydrogen-bond donors (Lipinski definition) is 3. The minimum absolute atomic E-state index is 0.0543. The molecule has 0 saturated heterocycles. The Morgan fingerprint density at radius 2 is 2.08 bits per heavy atom. The predicted molar refractivity (Wildman–Crippen MR) is 90.4 cm³/mol. The van der Waals surface area contributed by atoms with E-state index >= 15 is 0 Å². The first-order valence-corrected chi connectivity index (χ1v) is 7.54. The number of fused-ring (bicyclic) bond motifs is 1. The van der Waals surface area contributed by atoms with Gasteiger partial charge in [-0.1, -0.05) is 0 Å². The second-order valence-corrected chi connectivity index (χ2v) is 5.83. The third-order valence-corrected chi connectivity index (χ3v) is 4.12. The number of nitrogens with two attached hydrogens (primary N) is 2. The van der Waals surface area contributed by atoms with Crippen LogP contribution < -0.4 is 11.5 Å². The van der Waals surface area contributed by atoms with Crippen molar-refractivity contribution in [2.45, 2.75) is 25.7 Å². The zero-order valence-electron chi connectivity index (χ0n) is 13.2. The van der Waals surface area contributed by atoms with E-state index in [1.54, 1.807) is 6.20 Å². The second kappa shape index (κ2) is 6.27. The van der Waals surface area contributed by atoms with Crippen molar-refractivity contribution in [1.29, 1.82) is 0 Å². The summed E-state index contributed by atoms with van der Waals surface area (Å²) in [6.45, 7) is 1.96. The van der Waals surface area contributed by atoms with Gasteiger partial charge in [-0.05, 0) is 55.5 Å². The lowest BCUT2D eigenvalue weighted by molar-refractivity contribution is 0.456. The Labute approximate surface area is 138 Å². The molecular weight excluding hydrogens is 309 g/mol. The topological polar surface area (TPSA) is 110 Å². The fourth-order valence-corrected chi connectivity index (χ4v) is 3.09. The van der Waals surface area contributed by atoms with Crippen LogP contribution in [0.25, 0.3) is 0 Å². The highest BCUT2D eigenvalue weighted by molar-refractivity contribution is 6.04. The highest BCUT2D eigenvalue weighted by Crippen LogP contribution is 2.37. The van der Waals surface area contributed by atoms with Crippen LogP contribution in [0, 0.1) is 12.7 Å². The molecule has 24 heavy (non-hydrogen) atoms. The molecule has 0 saturated carbocycles. The summed E-state index contributed by atoms with van der Waals surface area (Å²) in [6.07, 6.45) is 2.78. The molecule has 1 aliphatic rings. The standard InChI is InChI=1S/C17H18FN5O/c1-9-4-5-21-13-6-10(12-8-11(18)2-3-15(12)24)7-14(16(9)13)22-23-17(19)20/h2-5,8,10,24H,6-7H2,1H3,(H4,19,20,23)/b22-14-. The quantitative estimate of drug-likeness (QED) is 0.445. The van der Waals surface area contributed by atoms with Crippen molar-refractivity contribution in [2.75, 3.05) is 0 Å². The molecule has 1 aromatic heterocycles. The van der Waals surface area contributed by atoms with Gasteiger partial charge in [-0.2, -0.15) is 5.10 Å². The van der Waals surface area contributed by atoms with Crippen molar-refractivity contribution in [3.8, 4) is 5.75 Å². The molecule has 1 atom stereocenters. The van der Waals surface area contributed by atoms with Crippen LogP contribution >= 0.6 is 0 Å². The molecule has 3 rings (SSSR count). The molecule has 0 aliphatic heterocycles. The summed E-state index contributed by atoms with van der Waals surface area (Å²) in [7, 11) is 0. The fraction of sp³-hybridized carbons (Fsp3) is 0.235. The van der Waals surface area contributed by atoms with E-state index in [1.165, 1.54) is 18.2 Å². The fourth-order valence-electron chi connectivity index (χ4n) is 3.09. The summed E-state index contributed by atoms with van der Waals surface area (Å²) in [4.78, 5) is 4.42. The Kier molecular flexibility index (Phi) is 4.16. The minimum atomic E-state index is -0.395. The highest BCUT2D eigenvalue weighted by atomic mass is 19.1. The van der Waals surface area contributed by atoms with Gasteiger partial charge in [0.1, 0.15) is 11.6 Å². The largest absolute Gasteiger partial charge is 0.508 e. The Morgan fingerprint density at radius 1 is 1.29 bits per heavy atom. The number of rotatable bonds is 2. The summed E-state index contributed by atoms with van der Waals surface area (Å²) < 4.78 is 13.6. The number of phenols is 1. The van der Waals surface area contributed by atoms with E-state index in [2.05, 4.69) is 15.2 Å². The Morgan fingerprint density at radius 3 is 2.83 bits per heavy atom. The Balaban J connectivity index is 2.10. The molecule has 1 heterocycles. The number of guanidine groups is 1. The lowest BCUT2D eigenvalue weighted by Gasteiger charge is -2.26. The SMILES string of the molecule is Cc1ccnc2c1/C(=N\N=C(N)N)CC(c1cc(F)ccc1O)C2. The van der Waals surface area contributed by atoms with Crippen LogP contribution in [0.4, 0.5) is 4.39 Å². The molecule has 1 unspecified atom stereocenters. The van der Waals surface area contributed by atoms with Crippen molar-refractivity contribution in [3.63, 3.8) is 0 Å². The van der Waals surface area contributed by atoms with Crippen LogP contribution in [-0.2, 0) is 6.42 Å². The van der Waals surface area contributed by atoms with Crippen LogP contribution in [0.2, 0.25) is 0 Å². The smallest absolute Gasteiger partial charge is 0.211 e. The second-order valence-electron chi connectivity index (χ2n) is 5.83. The number of halogens is 1. The van der Waals surface area contributed by atoms with Crippen LogP contribution in [0.1, 0.15) is 34.7 Å². The summed E-state index contributed by atoms with van der Waals surface area (Å²) in [5.74, 6) is -0.635. The van der Waals surface area contributed by atoms with E-state index in [0.717, 1.165) is 16.8 Å². The lowest BCUT2D eigenvalue weighted by Crippen LogP contribution is -2.24. The van der Waals surface area contributed by atoms with E-state index in [4.69, 9.17) is 11.5 Å². The van der Waals surface area contributed by atoms with Crippen LogP contribution in [0.5, 0.6) is 5.75 Å². The van der Waals surface area contributed by atoms with Crippen LogP contribution in [-0.4, -0.2) is 21.8 Å². The first-order valence-electron chi connectivity index (χ1n) is 7.54. The molecule has 2 aromatic rings. The molecule has 0 fully saturated rings. The molecule has 0 bridgehead atoms. The van der Waals surface area contributed by atoms with E-state index in [1.807, 2.05) is 13.0 Å². The van der Waals surface area contributed by atoms with Gasteiger partial charge in [0.05, 0.1) is 11.4 Å². The molecular formula is C17H18FN5O. The maximum atomic E-state index is 13.6. The molecule has 1 aliphatic carbocycles.